The van der Waals surface area contributed by atoms with E-state index >= 15 is 0 Å². The van der Waals surface area contributed by atoms with Gasteiger partial charge in [0, 0.05) is 87.2 Å². The number of anilines is 2. The molecule has 350 valence electrons. The largest absolute Gasteiger partial charge is 0.508 e. The maximum atomic E-state index is 13.7. The van der Waals surface area contributed by atoms with Gasteiger partial charge in [0.05, 0.1) is 47.0 Å². The Balaban J connectivity index is 0.867. The Bertz CT molecular complexity index is 2920. The van der Waals surface area contributed by atoms with E-state index in [1.807, 2.05) is 36.9 Å². The Hall–Kier alpha value is -7.42. The van der Waals surface area contributed by atoms with E-state index in [4.69, 9.17) is 26.3 Å². The number of carbonyl (C=O) groups excluding carboxylic acids is 2. The fraction of sp³-hybridized carbons (Fsp3) is 0.340. The molecule has 0 radical (unpaired) electrons. The standard InChI is InChI=1S/C50H52ClN11O6/c1-4-44(65)61-24-23-60(29-35(61)15-17-52)46-36-16-18-59(41-10-6-8-32-7-5-9-39(51)45(32)41)30-40(36)53-49(54-46)68-26-25-57-19-21-58(22-20-57)48(66)33-11-13-34(14-12-33)62-47(55-56-50(62)67)38-27-37(31(2)3)42(63)28-43(38)64/h4-14,27-28,31,35,63-64H,1,15-16,18-26,29-30H2,2-3H3,(H,56,67)/t35-/m0/s1. The zero-order valence-electron chi connectivity index (χ0n) is 37.9. The van der Waals surface area contributed by atoms with Crippen LogP contribution in [0.2, 0.25) is 5.02 Å². The number of halogens is 1. The molecule has 0 unspecified atom stereocenters. The molecule has 17 nitrogen and oxygen atoms in total. The Morgan fingerprint density at radius 2 is 1.69 bits per heavy atom. The molecule has 4 aromatic carbocycles. The number of hydrogen-bond acceptors (Lipinski definition) is 14. The minimum atomic E-state index is -0.396. The van der Waals surface area contributed by atoms with Gasteiger partial charge in [0.25, 0.3) is 5.91 Å². The third-order valence-electron chi connectivity index (χ3n) is 13.1. The lowest BCUT2D eigenvalue weighted by Crippen LogP contribution is -2.55. The highest BCUT2D eigenvalue weighted by molar-refractivity contribution is 6.36. The summed E-state index contributed by atoms with van der Waals surface area (Å²) in [6.07, 6.45) is 2.15. The van der Waals surface area contributed by atoms with Crippen molar-refractivity contribution in [2.45, 2.75) is 45.2 Å². The van der Waals surface area contributed by atoms with Crippen LogP contribution in [0, 0.1) is 11.3 Å². The number of hydrogen-bond donors (Lipinski definition) is 3. The summed E-state index contributed by atoms with van der Waals surface area (Å²) < 4.78 is 7.73. The Morgan fingerprint density at radius 3 is 2.43 bits per heavy atom. The molecule has 18 heteroatoms. The van der Waals surface area contributed by atoms with Crippen LogP contribution in [0.3, 0.4) is 0 Å². The summed E-state index contributed by atoms with van der Waals surface area (Å²) in [6, 6.07) is 23.5. The van der Waals surface area contributed by atoms with E-state index < -0.39 is 6.01 Å². The summed E-state index contributed by atoms with van der Waals surface area (Å²) in [6.45, 7) is 13.3. The molecule has 68 heavy (non-hydrogen) atoms. The first-order valence-electron chi connectivity index (χ1n) is 22.7. The lowest BCUT2D eigenvalue weighted by Gasteiger charge is -2.42. The van der Waals surface area contributed by atoms with Crippen molar-refractivity contribution in [3.8, 4) is 46.7 Å². The first-order chi connectivity index (χ1) is 32.9. The Kier molecular flexibility index (Phi) is 13.1. The first kappa shape index (κ1) is 45.7. The number of fused-ring (bicyclic) bond motifs is 2. The summed E-state index contributed by atoms with van der Waals surface area (Å²) in [5.74, 6) is 0.312. The second-order valence-electron chi connectivity index (χ2n) is 17.5. The van der Waals surface area contributed by atoms with Crippen LogP contribution < -0.4 is 14.5 Å². The van der Waals surface area contributed by atoms with Crippen LogP contribution in [0.1, 0.15) is 53.4 Å². The van der Waals surface area contributed by atoms with E-state index in [0.29, 0.717) is 100 Å². The van der Waals surface area contributed by atoms with E-state index in [0.717, 1.165) is 33.5 Å². The van der Waals surface area contributed by atoms with Crippen LogP contribution in [-0.4, -0.2) is 138 Å². The topological polar surface area (TPSA) is 201 Å². The molecule has 0 bridgehead atoms. The molecule has 0 aliphatic carbocycles. The van der Waals surface area contributed by atoms with E-state index in [-0.39, 0.29) is 59.1 Å². The van der Waals surface area contributed by atoms with Gasteiger partial charge in [-0.1, -0.05) is 61.4 Å². The number of nitriles is 1. The third kappa shape index (κ3) is 9.04. The predicted octanol–water partition coefficient (Wildman–Crippen LogP) is 6.29. The minimum Gasteiger partial charge on any atom is -0.508 e. The van der Waals surface area contributed by atoms with Gasteiger partial charge < -0.3 is 39.7 Å². The molecule has 9 rings (SSSR count). The van der Waals surface area contributed by atoms with Crippen LogP contribution in [0.4, 0.5) is 11.5 Å². The zero-order valence-corrected chi connectivity index (χ0v) is 38.7. The number of aromatic nitrogens is 5. The van der Waals surface area contributed by atoms with Gasteiger partial charge in [-0.25, -0.2) is 4.57 Å². The van der Waals surface area contributed by atoms with Crippen molar-refractivity contribution in [1.29, 1.82) is 5.26 Å². The van der Waals surface area contributed by atoms with Crippen LogP contribution in [-0.2, 0) is 17.8 Å². The van der Waals surface area contributed by atoms with Gasteiger partial charge in [-0.2, -0.15) is 15.2 Å². The van der Waals surface area contributed by atoms with Crippen LogP contribution in [0.15, 0.2) is 85.5 Å². The van der Waals surface area contributed by atoms with Crippen molar-refractivity contribution in [3.63, 3.8) is 0 Å². The quantitative estimate of drug-likeness (QED) is 0.116. The monoisotopic (exact) mass is 937 g/mol. The Morgan fingerprint density at radius 1 is 0.926 bits per heavy atom. The zero-order chi connectivity index (χ0) is 47.6. The summed E-state index contributed by atoms with van der Waals surface area (Å²) >= 11 is 6.77. The highest BCUT2D eigenvalue weighted by Crippen LogP contribution is 2.40. The fourth-order valence-electron chi connectivity index (χ4n) is 9.50. The molecule has 2 amide bonds. The van der Waals surface area contributed by atoms with Crippen molar-refractivity contribution in [2.24, 2.45) is 0 Å². The smallest absolute Gasteiger partial charge is 0.319 e. The number of aromatic hydroxyl groups is 3. The molecular formula is C50H52ClN11O6. The first-order valence-corrected chi connectivity index (χ1v) is 23.1. The molecule has 0 spiro atoms. The second-order valence-corrected chi connectivity index (χ2v) is 17.9. The second kappa shape index (κ2) is 19.4. The van der Waals surface area contributed by atoms with Crippen LogP contribution in [0.5, 0.6) is 23.5 Å². The molecule has 2 saturated heterocycles. The van der Waals surface area contributed by atoms with Crippen molar-refractivity contribution >= 4 is 45.7 Å². The van der Waals surface area contributed by atoms with E-state index in [2.05, 4.69) is 55.7 Å². The highest BCUT2D eigenvalue weighted by atomic mass is 35.5. The lowest BCUT2D eigenvalue weighted by molar-refractivity contribution is -0.128. The number of piperazine rings is 2. The van der Waals surface area contributed by atoms with Gasteiger partial charge in [-0.15, -0.1) is 5.10 Å². The van der Waals surface area contributed by atoms with E-state index in [1.54, 1.807) is 35.2 Å². The average molecular weight is 938 g/mol. The molecule has 2 aromatic heterocycles. The van der Waals surface area contributed by atoms with Gasteiger partial charge >= 0.3 is 12.0 Å². The van der Waals surface area contributed by atoms with E-state index in [1.165, 1.54) is 16.7 Å². The van der Waals surface area contributed by atoms with Gasteiger partial charge in [0.2, 0.25) is 5.91 Å². The maximum absolute atomic E-state index is 13.7. The number of phenols is 2. The van der Waals surface area contributed by atoms with Crippen molar-refractivity contribution in [3.05, 3.63) is 113 Å². The summed E-state index contributed by atoms with van der Waals surface area (Å²) in [5, 5.41) is 52.1. The van der Waals surface area contributed by atoms with Gasteiger partial charge in [-0.05, 0) is 71.8 Å². The lowest BCUT2D eigenvalue weighted by atomic mass is 9.98. The van der Waals surface area contributed by atoms with E-state index in [9.17, 15) is 30.2 Å². The summed E-state index contributed by atoms with van der Waals surface area (Å²) in [7, 11) is 0. The van der Waals surface area contributed by atoms with Gasteiger partial charge in [-0.3, -0.25) is 14.5 Å². The maximum Gasteiger partial charge on any atom is 0.319 e. The van der Waals surface area contributed by atoms with Gasteiger partial charge in [0.15, 0.2) is 5.82 Å². The summed E-state index contributed by atoms with van der Waals surface area (Å²) in [5.41, 5.74) is 4.74. The van der Waals surface area contributed by atoms with Crippen molar-refractivity contribution < 1.29 is 29.6 Å². The van der Waals surface area contributed by atoms with Crippen molar-refractivity contribution in [2.75, 3.05) is 75.3 Å². The molecule has 3 aliphatic heterocycles. The molecule has 3 N–H and O–H groups in total. The molecule has 5 heterocycles. The van der Waals surface area contributed by atoms with Crippen LogP contribution in [0.25, 0.3) is 27.8 Å². The number of benzene rings is 4. The predicted molar refractivity (Wildman–Crippen MR) is 258 cm³/mol. The van der Waals surface area contributed by atoms with Gasteiger partial charge in [0.1, 0.15) is 23.9 Å². The molecule has 0 saturated carbocycles. The average Bonchev–Trinajstić information content (AvgIpc) is 3.73. The number of ether oxygens (including phenoxy) is 1. The summed E-state index contributed by atoms with van der Waals surface area (Å²) in [4.78, 5) is 46.7. The molecule has 2 fully saturated rings. The molecule has 1 atom stereocenters. The molecular weight excluding hydrogens is 886 g/mol. The number of carbonyl (C=O) groups is 2. The van der Waals surface area contributed by atoms with Crippen molar-refractivity contribution in [1.82, 2.24) is 39.4 Å². The SMILES string of the molecule is C=CC(=O)N1CCN(c2nc(OCCN3CCN(C(=O)c4ccc(-n5c(O)nnc5-c5cc(C(C)C)c(O)cc5O)cc4)CC3)nc3c2CCN(c2cccc4cccc(Cl)c24)C3)C[C@@H]1CC#N. The third-order valence-corrected chi connectivity index (χ3v) is 13.4. The fourth-order valence-corrected chi connectivity index (χ4v) is 9.77. The minimum absolute atomic E-state index is 0.0405. The molecule has 3 aliphatic rings. The number of nitrogens with zero attached hydrogens (tertiary/aromatic N) is 11. The van der Waals surface area contributed by atoms with Crippen LogP contribution >= 0.6 is 11.6 Å². The number of phenolic OH excluding ortho intramolecular Hbond substituents is 2. The highest BCUT2D eigenvalue weighted by Gasteiger charge is 2.34. The normalized spacial score (nSPS) is 16.5. The number of amides is 2. The Labute approximate surface area is 398 Å². The molecule has 6 aromatic rings. The number of rotatable bonds is 12.